The van der Waals surface area contributed by atoms with Gasteiger partial charge in [0.2, 0.25) is 5.91 Å². The first-order chi connectivity index (χ1) is 31.5. The van der Waals surface area contributed by atoms with Gasteiger partial charge in [0, 0.05) is 6.42 Å². The topological polar surface area (TPSA) is 95.9 Å². The number of nitrogens with one attached hydrogen (secondary N) is 1. The molecule has 0 radical (unpaired) electrons. The summed E-state index contributed by atoms with van der Waals surface area (Å²) in [4.78, 5) is 26.3. The van der Waals surface area contributed by atoms with Crippen LogP contribution in [0.3, 0.4) is 0 Å². The largest absolute Gasteiger partial charge is 0.462 e. The summed E-state index contributed by atoms with van der Waals surface area (Å²) in [5, 5.41) is 23.9. The Hall–Kier alpha value is -1.14. The van der Waals surface area contributed by atoms with Crippen molar-refractivity contribution in [2.75, 3.05) is 6.61 Å². The normalized spacial score (nSPS) is 13.0. The molecule has 0 rings (SSSR count). The molecule has 6 heteroatoms. The molecule has 0 aromatic carbocycles. The molecular weight excluding hydrogens is 791 g/mol. The number of hydrogen-bond acceptors (Lipinski definition) is 5. The lowest BCUT2D eigenvalue weighted by Gasteiger charge is -2.24. The minimum atomic E-state index is -0.780. The second-order valence-electron chi connectivity index (χ2n) is 20.4. The number of unbranched alkanes of at least 4 members (excludes halogenated alkanes) is 42. The summed E-state index contributed by atoms with van der Waals surface area (Å²) in [7, 11) is 0. The van der Waals surface area contributed by atoms with E-state index in [1.165, 1.54) is 250 Å². The Labute approximate surface area is 400 Å². The van der Waals surface area contributed by atoms with Crippen LogP contribution in [-0.4, -0.2) is 46.9 Å². The van der Waals surface area contributed by atoms with Crippen molar-refractivity contribution < 1.29 is 24.5 Å². The quantitative estimate of drug-likeness (QED) is 0.0417. The maximum absolute atomic E-state index is 13.3. The third kappa shape index (κ3) is 47.4. The fourth-order valence-corrected chi connectivity index (χ4v) is 9.49. The zero-order valence-corrected chi connectivity index (χ0v) is 43.7. The van der Waals surface area contributed by atoms with Crippen molar-refractivity contribution in [1.29, 1.82) is 0 Å². The molecule has 0 bridgehead atoms. The fourth-order valence-electron chi connectivity index (χ4n) is 9.49. The molecule has 3 atom stereocenters. The standard InChI is InChI=1S/C58H115NO5/c1-4-7-10-13-16-19-22-25-27-28-30-32-34-37-40-43-46-49-54(64-58(63)51-48-45-42-39-36-31-24-21-18-15-12-9-6-3)52-57(62)59-55(53-60)56(61)50-47-44-41-38-35-33-29-26-23-20-17-14-11-8-5-2/h54-56,60-61H,4-53H2,1-3H3,(H,59,62). The molecule has 1 amide bonds. The highest BCUT2D eigenvalue weighted by Gasteiger charge is 2.24. The van der Waals surface area contributed by atoms with E-state index in [4.69, 9.17) is 4.74 Å². The second-order valence-corrected chi connectivity index (χ2v) is 20.4. The van der Waals surface area contributed by atoms with Gasteiger partial charge < -0.3 is 20.3 Å². The molecule has 0 fully saturated rings. The highest BCUT2D eigenvalue weighted by Crippen LogP contribution is 2.19. The highest BCUT2D eigenvalue weighted by molar-refractivity contribution is 5.77. The van der Waals surface area contributed by atoms with E-state index < -0.39 is 18.2 Å². The monoisotopic (exact) mass is 906 g/mol. The first-order valence-corrected chi connectivity index (χ1v) is 29.3. The molecule has 0 heterocycles. The molecule has 0 aromatic heterocycles. The SMILES string of the molecule is CCCCCCCCCCCCCCCCCCCC(CC(=O)NC(CO)C(O)CCCCCCCCCCCCCCCCC)OC(=O)CCCCCCCCCCCCCCC. The van der Waals surface area contributed by atoms with Crippen LogP contribution >= 0.6 is 0 Å². The average Bonchev–Trinajstić information content (AvgIpc) is 3.29. The van der Waals surface area contributed by atoms with Gasteiger partial charge in [0.1, 0.15) is 6.10 Å². The molecule has 6 nitrogen and oxygen atoms in total. The number of hydrogen-bond donors (Lipinski definition) is 3. The fraction of sp³-hybridized carbons (Fsp3) is 0.966. The van der Waals surface area contributed by atoms with Gasteiger partial charge >= 0.3 is 5.97 Å². The van der Waals surface area contributed by atoms with Crippen molar-refractivity contribution in [1.82, 2.24) is 5.32 Å². The van der Waals surface area contributed by atoms with E-state index in [9.17, 15) is 19.8 Å². The lowest BCUT2D eigenvalue weighted by Crippen LogP contribution is -2.46. The molecule has 64 heavy (non-hydrogen) atoms. The lowest BCUT2D eigenvalue weighted by atomic mass is 10.0. The van der Waals surface area contributed by atoms with Gasteiger partial charge in [-0.15, -0.1) is 0 Å². The molecule has 3 unspecified atom stereocenters. The minimum absolute atomic E-state index is 0.0887. The van der Waals surface area contributed by atoms with E-state index in [0.29, 0.717) is 19.3 Å². The van der Waals surface area contributed by atoms with Crippen molar-refractivity contribution in [3.8, 4) is 0 Å². The Morgan fingerprint density at radius 1 is 0.391 bits per heavy atom. The number of carbonyl (C=O) groups is 2. The van der Waals surface area contributed by atoms with E-state index in [1.807, 2.05) is 0 Å². The average molecular weight is 907 g/mol. The van der Waals surface area contributed by atoms with Crippen LogP contribution in [-0.2, 0) is 14.3 Å². The van der Waals surface area contributed by atoms with Crippen molar-refractivity contribution in [3.63, 3.8) is 0 Å². The first-order valence-electron chi connectivity index (χ1n) is 29.3. The Morgan fingerprint density at radius 2 is 0.656 bits per heavy atom. The number of ether oxygens (including phenoxy) is 1. The van der Waals surface area contributed by atoms with Crippen LogP contribution in [0.25, 0.3) is 0 Å². The van der Waals surface area contributed by atoms with Gasteiger partial charge in [-0.25, -0.2) is 0 Å². The first kappa shape index (κ1) is 62.9. The molecule has 0 aromatic rings. The summed E-state index contributed by atoms with van der Waals surface area (Å²) in [6, 6.07) is -0.693. The minimum Gasteiger partial charge on any atom is -0.462 e. The Morgan fingerprint density at radius 3 is 0.953 bits per heavy atom. The van der Waals surface area contributed by atoms with E-state index in [1.54, 1.807) is 0 Å². The van der Waals surface area contributed by atoms with E-state index >= 15 is 0 Å². The molecule has 0 saturated heterocycles. The molecule has 3 N–H and O–H groups in total. The van der Waals surface area contributed by atoms with E-state index in [0.717, 1.165) is 38.5 Å². The Kier molecular flexibility index (Phi) is 51.9. The van der Waals surface area contributed by atoms with Gasteiger partial charge in [-0.05, 0) is 25.7 Å². The van der Waals surface area contributed by atoms with Crippen LogP contribution in [0.4, 0.5) is 0 Å². The summed E-state index contributed by atoms with van der Waals surface area (Å²) in [5.41, 5.74) is 0. The second kappa shape index (κ2) is 52.8. The van der Waals surface area contributed by atoms with Crippen LogP contribution < -0.4 is 5.32 Å². The molecule has 382 valence electrons. The maximum Gasteiger partial charge on any atom is 0.306 e. The Balaban J connectivity index is 4.48. The van der Waals surface area contributed by atoms with Crippen molar-refractivity contribution in [3.05, 3.63) is 0 Å². The smallest absolute Gasteiger partial charge is 0.306 e. The van der Waals surface area contributed by atoms with Gasteiger partial charge in [0.05, 0.1) is 25.2 Å². The number of amides is 1. The van der Waals surface area contributed by atoms with Crippen molar-refractivity contribution >= 4 is 11.9 Å². The molecule has 0 aliphatic rings. The number of esters is 1. The summed E-state index contributed by atoms with van der Waals surface area (Å²) >= 11 is 0. The molecule has 0 spiro atoms. The van der Waals surface area contributed by atoms with Crippen LogP contribution in [0, 0.1) is 0 Å². The van der Waals surface area contributed by atoms with Gasteiger partial charge in [-0.1, -0.05) is 297 Å². The summed E-state index contributed by atoms with van der Waals surface area (Å²) in [5.74, 6) is -0.444. The van der Waals surface area contributed by atoms with Gasteiger partial charge in [0.15, 0.2) is 0 Å². The van der Waals surface area contributed by atoms with E-state index in [2.05, 4.69) is 26.1 Å². The van der Waals surface area contributed by atoms with Gasteiger partial charge in [-0.3, -0.25) is 9.59 Å². The predicted molar refractivity (Wildman–Crippen MR) is 278 cm³/mol. The number of rotatable bonds is 54. The van der Waals surface area contributed by atoms with Crippen LogP contribution in [0.2, 0.25) is 0 Å². The Bertz CT molecular complexity index is 928. The number of aliphatic hydroxyl groups is 2. The number of aliphatic hydroxyl groups excluding tert-OH is 2. The third-order valence-electron chi connectivity index (χ3n) is 13.9. The van der Waals surface area contributed by atoms with Gasteiger partial charge in [0.25, 0.3) is 0 Å². The molecule has 0 saturated carbocycles. The van der Waals surface area contributed by atoms with Crippen LogP contribution in [0.5, 0.6) is 0 Å². The zero-order valence-electron chi connectivity index (χ0n) is 43.7. The van der Waals surface area contributed by atoms with Gasteiger partial charge in [-0.2, -0.15) is 0 Å². The van der Waals surface area contributed by atoms with Crippen molar-refractivity contribution in [2.24, 2.45) is 0 Å². The zero-order chi connectivity index (χ0) is 46.7. The highest BCUT2D eigenvalue weighted by atomic mass is 16.5. The summed E-state index contributed by atoms with van der Waals surface area (Å²) < 4.78 is 5.97. The van der Waals surface area contributed by atoms with Crippen LogP contribution in [0.15, 0.2) is 0 Å². The lowest BCUT2D eigenvalue weighted by molar-refractivity contribution is -0.151. The molecule has 0 aliphatic carbocycles. The summed E-state index contributed by atoms with van der Waals surface area (Å²) in [6.45, 7) is 6.54. The summed E-state index contributed by atoms with van der Waals surface area (Å²) in [6.07, 6.45) is 58.8. The van der Waals surface area contributed by atoms with Crippen LogP contribution in [0.1, 0.15) is 335 Å². The molecular formula is C58H115NO5. The van der Waals surface area contributed by atoms with Crippen molar-refractivity contribution in [2.45, 2.75) is 354 Å². The predicted octanol–water partition coefficient (Wildman–Crippen LogP) is 17.9. The third-order valence-corrected chi connectivity index (χ3v) is 13.9. The van der Waals surface area contributed by atoms with E-state index in [-0.39, 0.29) is 24.9 Å². The molecule has 0 aliphatic heterocycles. The maximum atomic E-state index is 13.3. The number of carbonyl (C=O) groups excluding carboxylic acids is 2.